The van der Waals surface area contributed by atoms with Crippen LogP contribution in [0.2, 0.25) is 0 Å². The topological polar surface area (TPSA) is 51.4 Å². The van der Waals surface area contributed by atoms with Crippen LogP contribution in [0, 0.1) is 5.82 Å². The third kappa shape index (κ3) is 3.46. The van der Waals surface area contributed by atoms with Crippen molar-refractivity contribution in [2.24, 2.45) is 0 Å². The Labute approximate surface area is 151 Å². The second-order valence-electron chi connectivity index (χ2n) is 6.42. The van der Waals surface area contributed by atoms with Crippen molar-refractivity contribution in [3.63, 3.8) is 0 Å². The van der Waals surface area contributed by atoms with Crippen molar-refractivity contribution in [1.82, 2.24) is 15.0 Å². The molecule has 0 aliphatic carbocycles. The number of nitrogens with zero attached hydrogens (tertiary/aromatic N) is 3. The predicted octanol–water partition coefficient (Wildman–Crippen LogP) is 4.22. The SMILES string of the molecule is COc1ccc(C2CCCN2Cc2nc(-c3ccc(F)cc3)no2)cc1. The van der Waals surface area contributed by atoms with Crippen LogP contribution >= 0.6 is 0 Å². The summed E-state index contributed by atoms with van der Waals surface area (Å²) in [5, 5.41) is 4.03. The Morgan fingerprint density at radius 2 is 1.92 bits per heavy atom. The number of likely N-dealkylation sites (tertiary alicyclic amines) is 1. The Bertz CT molecular complexity index is 862. The Hall–Kier alpha value is -2.73. The van der Waals surface area contributed by atoms with Crippen molar-refractivity contribution < 1.29 is 13.7 Å². The van der Waals surface area contributed by atoms with Crippen LogP contribution in [0.25, 0.3) is 11.4 Å². The normalized spacial score (nSPS) is 17.5. The third-order valence-corrected chi connectivity index (χ3v) is 4.77. The summed E-state index contributed by atoms with van der Waals surface area (Å²) in [6.45, 7) is 1.59. The number of hydrogen-bond acceptors (Lipinski definition) is 5. The molecule has 0 spiro atoms. The lowest BCUT2D eigenvalue weighted by Gasteiger charge is -2.23. The van der Waals surface area contributed by atoms with Gasteiger partial charge >= 0.3 is 0 Å². The van der Waals surface area contributed by atoms with Gasteiger partial charge in [0.15, 0.2) is 0 Å². The van der Waals surface area contributed by atoms with Crippen molar-refractivity contribution in [1.29, 1.82) is 0 Å². The summed E-state index contributed by atoms with van der Waals surface area (Å²) in [5.41, 5.74) is 2.01. The number of benzene rings is 2. The molecule has 134 valence electrons. The van der Waals surface area contributed by atoms with E-state index in [0.29, 0.717) is 24.3 Å². The zero-order chi connectivity index (χ0) is 17.9. The van der Waals surface area contributed by atoms with E-state index in [-0.39, 0.29) is 5.82 Å². The summed E-state index contributed by atoms with van der Waals surface area (Å²) < 4.78 is 23.7. The van der Waals surface area contributed by atoms with E-state index in [2.05, 4.69) is 27.2 Å². The summed E-state index contributed by atoms with van der Waals surface area (Å²) in [7, 11) is 1.67. The first kappa shape index (κ1) is 16.7. The first-order chi connectivity index (χ1) is 12.7. The summed E-state index contributed by atoms with van der Waals surface area (Å²) in [4.78, 5) is 6.82. The van der Waals surface area contributed by atoms with Gasteiger partial charge in [0.25, 0.3) is 0 Å². The van der Waals surface area contributed by atoms with E-state index in [1.165, 1.54) is 17.7 Å². The van der Waals surface area contributed by atoms with E-state index in [4.69, 9.17) is 9.26 Å². The number of hydrogen-bond donors (Lipinski definition) is 0. The van der Waals surface area contributed by atoms with Crippen molar-refractivity contribution >= 4 is 0 Å². The average molecular weight is 353 g/mol. The molecule has 2 heterocycles. The molecule has 3 aromatic rings. The van der Waals surface area contributed by atoms with Crippen molar-refractivity contribution in [3.05, 3.63) is 65.8 Å². The Morgan fingerprint density at radius 1 is 1.15 bits per heavy atom. The molecule has 0 amide bonds. The largest absolute Gasteiger partial charge is 0.497 e. The van der Waals surface area contributed by atoms with Gasteiger partial charge in [-0.1, -0.05) is 17.3 Å². The van der Waals surface area contributed by atoms with Crippen LogP contribution in [0.3, 0.4) is 0 Å². The van der Waals surface area contributed by atoms with E-state index in [9.17, 15) is 4.39 Å². The second-order valence-corrected chi connectivity index (χ2v) is 6.42. The Kier molecular flexibility index (Phi) is 4.67. The molecular weight excluding hydrogens is 333 g/mol. The van der Waals surface area contributed by atoms with Crippen LogP contribution in [0.5, 0.6) is 5.75 Å². The number of methoxy groups -OCH3 is 1. The maximum Gasteiger partial charge on any atom is 0.241 e. The standard InChI is InChI=1S/C20H20FN3O2/c1-25-17-10-6-14(7-11-17)18-3-2-12-24(18)13-19-22-20(23-26-19)15-4-8-16(21)9-5-15/h4-11,18H,2-3,12-13H2,1H3. The van der Waals surface area contributed by atoms with Crippen molar-refractivity contribution in [2.45, 2.75) is 25.4 Å². The van der Waals surface area contributed by atoms with Gasteiger partial charge in [0, 0.05) is 11.6 Å². The van der Waals surface area contributed by atoms with E-state index in [1.54, 1.807) is 19.2 Å². The molecule has 0 saturated carbocycles. The zero-order valence-electron chi connectivity index (χ0n) is 14.6. The number of halogens is 1. The Morgan fingerprint density at radius 3 is 2.65 bits per heavy atom. The van der Waals surface area contributed by atoms with Crippen LogP contribution in [0.15, 0.2) is 53.1 Å². The highest BCUT2D eigenvalue weighted by Crippen LogP contribution is 2.33. The molecule has 1 aliphatic rings. The molecule has 1 aromatic heterocycles. The highest BCUT2D eigenvalue weighted by atomic mass is 19.1. The van der Waals surface area contributed by atoms with Gasteiger partial charge in [-0.3, -0.25) is 4.90 Å². The lowest BCUT2D eigenvalue weighted by molar-refractivity contribution is 0.212. The van der Waals surface area contributed by atoms with Gasteiger partial charge in [0.2, 0.25) is 11.7 Å². The van der Waals surface area contributed by atoms with Gasteiger partial charge in [-0.15, -0.1) is 0 Å². The third-order valence-electron chi connectivity index (χ3n) is 4.77. The fraction of sp³-hybridized carbons (Fsp3) is 0.300. The molecule has 1 unspecified atom stereocenters. The summed E-state index contributed by atoms with van der Waals surface area (Å²) >= 11 is 0. The minimum Gasteiger partial charge on any atom is -0.497 e. The number of rotatable bonds is 5. The first-order valence-corrected chi connectivity index (χ1v) is 8.69. The zero-order valence-corrected chi connectivity index (χ0v) is 14.6. The van der Waals surface area contributed by atoms with E-state index in [0.717, 1.165) is 30.7 Å². The molecule has 0 N–H and O–H groups in total. The quantitative estimate of drug-likeness (QED) is 0.687. The van der Waals surface area contributed by atoms with Crippen LogP contribution in [0.1, 0.15) is 30.3 Å². The van der Waals surface area contributed by atoms with Gasteiger partial charge in [0.1, 0.15) is 11.6 Å². The lowest BCUT2D eigenvalue weighted by Crippen LogP contribution is -2.22. The summed E-state index contributed by atoms with van der Waals surface area (Å²) in [6, 6.07) is 14.6. The predicted molar refractivity (Wildman–Crippen MR) is 95.1 cm³/mol. The number of aromatic nitrogens is 2. The molecule has 26 heavy (non-hydrogen) atoms. The van der Waals surface area contributed by atoms with Crippen LogP contribution in [-0.2, 0) is 6.54 Å². The molecule has 1 fully saturated rings. The number of ether oxygens (including phenoxy) is 1. The maximum absolute atomic E-state index is 13.1. The lowest BCUT2D eigenvalue weighted by atomic mass is 10.0. The van der Waals surface area contributed by atoms with E-state index in [1.807, 2.05) is 12.1 Å². The monoisotopic (exact) mass is 353 g/mol. The van der Waals surface area contributed by atoms with Crippen LogP contribution in [-0.4, -0.2) is 28.7 Å². The summed E-state index contributed by atoms with van der Waals surface area (Å²) in [5.74, 6) is 1.64. The highest BCUT2D eigenvalue weighted by molar-refractivity contribution is 5.53. The summed E-state index contributed by atoms with van der Waals surface area (Å²) in [6.07, 6.45) is 2.24. The van der Waals surface area contributed by atoms with Gasteiger partial charge < -0.3 is 9.26 Å². The Balaban J connectivity index is 1.48. The fourth-order valence-corrected chi connectivity index (χ4v) is 3.43. The van der Waals surface area contributed by atoms with Gasteiger partial charge in [0.05, 0.1) is 13.7 Å². The average Bonchev–Trinajstić information content (AvgIpc) is 3.33. The van der Waals surface area contributed by atoms with Crippen LogP contribution < -0.4 is 4.74 Å². The molecule has 6 heteroatoms. The highest BCUT2D eigenvalue weighted by Gasteiger charge is 2.27. The molecule has 1 aliphatic heterocycles. The second kappa shape index (κ2) is 7.25. The first-order valence-electron chi connectivity index (χ1n) is 8.69. The molecule has 1 saturated heterocycles. The molecule has 1 atom stereocenters. The van der Waals surface area contributed by atoms with Gasteiger partial charge in [-0.2, -0.15) is 4.98 Å². The van der Waals surface area contributed by atoms with Gasteiger partial charge in [-0.25, -0.2) is 4.39 Å². The molecule has 2 aromatic carbocycles. The molecular formula is C20H20FN3O2. The van der Waals surface area contributed by atoms with Crippen molar-refractivity contribution in [3.8, 4) is 17.1 Å². The van der Waals surface area contributed by atoms with E-state index < -0.39 is 0 Å². The van der Waals surface area contributed by atoms with Crippen LogP contribution in [0.4, 0.5) is 4.39 Å². The maximum atomic E-state index is 13.1. The molecule has 0 bridgehead atoms. The van der Waals surface area contributed by atoms with Gasteiger partial charge in [-0.05, 0) is 61.3 Å². The van der Waals surface area contributed by atoms with E-state index >= 15 is 0 Å². The molecule has 5 nitrogen and oxygen atoms in total. The minimum atomic E-state index is -0.281. The smallest absolute Gasteiger partial charge is 0.241 e. The molecule has 4 rings (SSSR count). The van der Waals surface area contributed by atoms with Crippen molar-refractivity contribution in [2.75, 3.05) is 13.7 Å². The minimum absolute atomic E-state index is 0.281. The fourth-order valence-electron chi connectivity index (χ4n) is 3.43. The molecule has 0 radical (unpaired) electrons.